The average molecular weight is 422 g/mol. The normalized spacial score (nSPS) is 50.6. The van der Waals surface area contributed by atoms with E-state index >= 15 is 0 Å². The Morgan fingerprint density at radius 2 is 1.77 bits per heavy atom. The molecule has 4 saturated carbocycles. The Balaban J connectivity index is 1.67. The first-order chi connectivity index (χ1) is 14.1. The van der Waals surface area contributed by atoms with Gasteiger partial charge in [-0.15, -0.1) is 0 Å². The van der Waals surface area contributed by atoms with Gasteiger partial charge in [0.15, 0.2) is 0 Å². The van der Waals surface area contributed by atoms with E-state index in [0.717, 1.165) is 45.1 Å². The summed E-state index contributed by atoms with van der Waals surface area (Å²) < 4.78 is 0. The van der Waals surface area contributed by atoms with E-state index in [0.29, 0.717) is 48.5 Å². The predicted octanol–water partition coefficient (Wildman–Crippen LogP) is 3.68. The number of carboxylic acids is 1. The summed E-state index contributed by atoms with van der Waals surface area (Å²) in [5.74, 6) is 1.68. The number of carbonyl (C=O) groups is 1. The SMILES string of the molecule is CC(C)CCN[C@@H]1C[C@]2(C)[C@@H](C(=O)O)CC[C@H]2[C@@H]2CC[C@H]3C[C@H](O)[C@@H](O)C[C@]3(C)[C@H]21. The molecule has 0 amide bonds. The van der Waals surface area contributed by atoms with E-state index < -0.39 is 18.2 Å². The molecule has 0 saturated heterocycles. The predicted molar refractivity (Wildman–Crippen MR) is 117 cm³/mol. The number of rotatable bonds is 5. The molecule has 4 rings (SSSR count). The van der Waals surface area contributed by atoms with Gasteiger partial charge in [0.2, 0.25) is 0 Å². The number of carboxylic acid groups (broad SMARTS) is 1. The van der Waals surface area contributed by atoms with Crippen molar-refractivity contribution in [2.45, 2.75) is 97.3 Å². The van der Waals surface area contributed by atoms with Gasteiger partial charge in [-0.2, -0.15) is 0 Å². The van der Waals surface area contributed by atoms with Gasteiger partial charge in [0.05, 0.1) is 18.1 Å². The Morgan fingerprint density at radius 1 is 1.03 bits per heavy atom. The fourth-order valence-corrected chi connectivity index (χ4v) is 8.62. The second kappa shape index (κ2) is 8.04. The van der Waals surface area contributed by atoms with Crippen molar-refractivity contribution in [2.75, 3.05) is 6.54 Å². The van der Waals surface area contributed by atoms with Gasteiger partial charge in [-0.1, -0.05) is 27.7 Å². The van der Waals surface area contributed by atoms with Crippen molar-refractivity contribution in [3.63, 3.8) is 0 Å². The van der Waals surface area contributed by atoms with E-state index in [4.69, 9.17) is 0 Å². The van der Waals surface area contributed by atoms with Gasteiger partial charge in [-0.3, -0.25) is 4.79 Å². The van der Waals surface area contributed by atoms with Gasteiger partial charge < -0.3 is 20.6 Å². The first-order valence-electron chi connectivity index (χ1n) is 12.4. The maximum absolute atomic E-state index is 12.1. The lowest BCUT2D eigenvalue weighted by Gasteiger charge is -2.63. The second-order valence-electron chi connectivity index (χ2n) is 12.1. The number of hydrogen-bond donors (Lipinski definition) is 4. The van der Waals surface area contributed by atoms with Gasteiger partial charge in [-0.05, 0) is 98.3 Å². The van der Waals surface area contributed by atoms with Crippen molar-refractivity contribution < 1.29 is 20.1 Å². The van der Waals surface area contributed by atoms with E-state index in [1.165, 1.54) is 0 Å². The maximum atomic E-state index is 12.1. The highest BCUT2D eigenvalue weighted by molar-refractivity contribution is 5.71. The van der Waals surface area contributed by atoms with Crippen molar-refractivity contribution in [3.05, 3.63) is 0 Å². The van der Waals surface area contributed by atoms with E-state index in [-0.39, 0.29) is 16.7 Å². The minimum Gasteiger partial charge on any atom is -0.481 e. The lowest BCUT2D eigenvalue weighted by molar-refractivity contribution is -0.174. The van der Waals surface area contributed by atoms with Gasteiger partial charge in [-0.25, -0.2) is 0 Å². The number of aliphatic hydroxyl groups is 2. The molecule has 172 valence electrons. The molecule has 0 aromatic rings. The molecule has 0 spiro atoms. The summed E-state index contributed by atoms with van der Waals surface area (Å²) in [6, 6.07) is 0.296. The van der Waals surface area contributed by atoms with E-state index in [2.05, 4.69) is 33.0 Å². The smallest absolute Gasteiger partial charge is 0.307 e. The molecule has 0 radical (unpaired) electrons. The fourth-order valence-electron chi connectivity index (χ4n) is 8.62. The molecular weight excluding hydrogens is 378 g/mol. The van der Waals surface area contributed by atoms with Crippen LogP contribution in [0.5, 0.6) is 0 Å². The fraction of sp³-hybridized carbons (Fsp3) is 0.960. The van der Waals surface area contributed by atoms with Gasteiger partial charge in [0.1, 0.15) is 0 Å². The van der Waals surface area contributed by atoms with Crippen LogP contribution >= 0.6 is 0 Å². The van der Waals surface area contributed by atoms with Crippen LogP contribution in [0, 0.1) is 46.3 Å². The highest BCUT2D eigenvalue weighted by atomic mass is 16.4. The molecule has 0 aliphatic heterocycles. The first kappa shape index (κ1) is 22.5. The lowest BCUT2D eigenvalue weighted by atomic mass is 9.43. The van der Waals surface area contributed by atoms with Crippen LogP contribution in [0.4, 0.5) is 0 Å². The highest BCUT2D eigenvalue weighted by Crippen LogP contribution is 2.67. The van der Waals surface area contributed by atoms with Gasteiger partial charge >= 0.3 is 5.97 Å². The minimum absolute atomic E-state index is 0.0136. The molecule has 5 heteroatoms. The Bertz CT molecular complexity index is 653. The number of fused-ring (bicyclic) bond motifs is 5. The third-order valence-electron chi connectivity index (χ3n) is 10.1. The Labute approximate surface area is 182 Å². The Morgan fingerprint density at radius 3 is 2.43 bits per heavy atom. The number of nitrogens with one attached hydrogen (secondary N) is 1. The molecular formula is C25H43NO4. The summed E-state index contributed by atoms with van der Waals surface area (Å²) in [4.78, 5) is 12.1. The molecule has 5 nitrogen and oxygen atoms in total. The summed E-state index contributed by atoms with van der Waals surface area (Å²) in [6.07, 6.45) is 6.28. The van der Waals surface area contributed by atoms with E-state index in [9.17, 15) is 20.1 Å². The second-order valence-corrected chi connectivity index (χ2v) is 12.1. The van der Waals surface area contributed by atoms with Crippen LogP contribution in [0.1, 0.15) is 79.1 Å². The van der Waals surface area contributed by atoms with Crippen LogP contribution in [-0.2, 0) is 4.79 Å². The monoisotopic (exact) mass is 421 g/mol. The van der Waals surface area contributed by atoms with Crippen molar-refractivity contribution in [1.29, 1.82) is 0 Å². The topological polar surface area (TPSA) is 89.8 Å². The zero-order valence-electron chi connectivity index (χ0n) is 19.3. The van der Waals surface area contributed by atoms with Crippen LogP contribution in [-0.4, -0.2) is 46.1 Å². The largest absolute Gasteiger partial charge is 0.481 e. The molecule has 0 unspecified atom stereocenters. The van der Waals surface area contributed by atoms with Crippen molar-refractivity contribution in [1.82, 2.24) is 5.32 Å². The summed E-state index contributed by atoms with van der Waals surface area (Å²) in [5.41, 5.74) is -0.127. The zero-order chi connectivity index (χ0) is 21.8. The average Bonchev–Trinajstić information content (AvgIpc) is 2.99. The lowest BCUT2D eigenvalue weighted by Crippen LogP contribution is -2.64. The van der Waals surface area contributed by atoms with Crippen molar-refractivity contribution in [3.8, 4) is 0 Å². The molecule has 4 aliphatic rings. The Hall–Kier alpha value is -0.650. The standard InChI is InChI=1S/C25H43NO4/c1-14(2)9-10-26-19-12-25(4)17(7-8-18(25)23(29)30)16-6-5-15-11-20(27)21(28)13-24(15,3)22(16)19/h14-22,26-28H,5-13H2,1-4H3,(H,29,30)/t15-,16-,17-,18+,19+,20-,21-,22+,24-,25-/m0/s1. The van der Waals surface area contributed by atoms with Gasteiger partial charge in [0.25, 0.3) is 0 Å². The minimum atomic E-state index is -0.634. The number of aliphatic carboxylic acids is 1. The molecule has 0 heterocycles. The van der Waals surface area contributed by atoms with Gasteiger partial charge in [0, 0.05) is 6.04 Å². The number of hydrogen-bond acceptors (Lipinski definition) is 4. The molecule has 0 bridgehead atoms. The molecule has 30 heavy (non-hydrogen) atoms. The molecule has 4 fully saturated rings. The summed E-state index contributed by atoms with van der Waals surface area (Å²) in [7, 11) is 0. The van der Waals surface area contributed by atoms with Crippen LogP contribution in [0.2, 0.25) is 0 Å². The first-order valence-corrected chi connectivity index (χ1v) is 12.4. The van der Waals surface area contributed by atoms with Crippen LogP contribution < -0.4 is 5.32 Å². The molecule has 10 atom stereocenters. The molecule has 0 aromatic heterocycles. The van der Waals surface area contributed by atoms with Crippen LogP contribution in [0.3, 0.4) is 0 Å². The maximum Gasteiger partial charge on any atom is 0.307 e. The third kappa shape index (κ3) is 3.53. The summed E-state index contributed by atoms with van der Waals surface area (Å²) in [5, 5.41) is 34.8. The molecule has 4 N–H and O–H groups in total. The number of aliphatic hydroxyl groups excluding tert-OH is 2. The summed E-state index contributed by atoms with van der Waals surface area (Å²) in [6.45, 7) is 10.1. The van der Waals surface area contributed by atoms with Crippen molar-refractivity contribution >= 4 is 5.97 Å². The molecule has 4 aliphatic carbocycles. The zero-order valence-corrected chi connectivity index (χ0v) is 19.3. The van der Waals surface area contributed by atoms with Crippen molar-refractivity contribution in [2.24, 2.45) is 46.3 Å². The quantitative estimate of drug-likeness (QED) is 0.544. The third-order valence-corrected chi connectivity index (χ3v) is 10.1. The molecule has 0 aromatic carbocycles. The van der Waals surface area contributed by atoms with Crippen LogP contribution in [0.15, 0.2) is 0 Å². The van der Waals surface area contributed by atoms with E-state index in [1.807, 2.05) is 0 Å². The highest BCUT2D eigenvalue weighted by Gasteiger charge is 2.64. The Kier molecular flexibility index (Phi) is 6.04. The summed E-state index contributed by atoms with van der Waals surface area (Å²) >= 11 is 0. The van der Waals surface area contributed by atoms with Crippen LogP contribution in [0.25, 0.3) is 0 Å². The van der Waals surface area contributed by atoms with E-state index in [1.54, 1.807) is 0 Å².